The number of carbonyl (C=O) groups is 1. The largest absolute Gasteiger partial charge is 0.463 e. The van der Waals surface area contributed by atoms with Crippen molar-refractivity contribution in [1.82, 2.24) is 4.72 Å². The van der Waals surface area contributed by atoms with Gasteiger partial charge in [-0.3, -0.25) is 0 Å². The Morgan fingerprint density at radius 1 is 1.28 bits per heavy atom. The number of esters is 1. The van der Waals surface area contributed by atoms with E-state index in [2.05, 4.69) is 4.72 Å². The smallest absolute Gasteiger partial charge is 0.330 e. The second kappa shape index (κ2) is 8.63. The predicted molar refractivity (Wildman–Crippen MR) is 99.7 cm³/mol. The van der Waals surface area contributed by atoms with Crippen LogP contribution in [0.4, 0.5) is 0 Å². The minimum absolute atomic E-state index is 0.0478. The molecule has 0 saturated heterocycles. The Balaban J connectivity index is 2.06. The van der Waals surface area contributed by atoms with Crippen molar-refractivity contribution in [1.29, 1.82) is 0 Å². The normalized spacial score (nSPS) is 21.1. The molecule has 2 rings (SSSR count). The Morgan fingerprint density at radius 3 is 2.56 bits per heavy atom. The van der Waals surface area contributed by atoms with E-state index >= 15 is 0 Å². The number of ether oxygens (including phenoxy) is 1. The minimum Gasteiger partial charge on any atom is -0.463 e. The maximum atomic E-state index is 12.2. The quantitative estimate of drug-likeness (QED) is 0.595. The van der Waals surface area contributed by atoms with Crippen molar-refractivity contribution in [2.45, 2.75) is 57.2 Å². The highest BCUT2D eigenvalue weighted by Crippen LogP contribution is 2.35. The molecule has 1 aromatic carbocycles. The van der Waals surface area contributed by atoms with Crippen molar-refractivity contribution >= 4 is 22.1 Å². The van der Waals surface area contributed by atoms with Crippen molar-refractivity contribution < 1.29 is 17.9 Å². The molecular weight excluding hydrogens is 338 g/mol. The molecule has 1 aliphatic carbocycles. The lowest BCUT2D eigenvalue weighted by Crippen LogP contribution is -2.40. The Labute approximate surface area is 150 Å². The molecule has 5 nitrogen and oxygen atoms in total. The van der Waals surface area contributed by atoms with E-state index in [4.69, 9.17) is 4.74 Å². The van der Waals surface area contributed by atoms with Gasteiger partial charge in [0.25, 0.3) is 0 Å². The molecule has 2 atom stereocenters. The zero-order chi connectivity index (χ0) is 18.4. The molecule has 138 valence electrons. The lowest BCUT2D eigenvalue weighted by molar-refractivity contribution is -0.137. The van der Waals surface area contributed by atoms with Gasteiger partial charge in [-0.1, -0.05) is 30.7 Å². The highest BCUT2D eigenvalue weighted by molar-refractivity contribution is 7.90. The summed E-state index contributed by atoms with van der Waals surface area (Å²) in [6.45, 7) is 5.51. The van der Waals surface area contributed by atoms with Gasteiger partial charge < -0.3 is 4.74 Å². The molecule has 0 aliphatic heterocycles. The van der Waals surface area contributed by atoms with Crippen molar-refractivity contribution in [3.63, 3.8) is 0 Å². The minimum atomic E-state index is -3.27. The molecule has 25 heavy (non-hydrogen) atoms. The van der Waals surface area contributed by atoms with Crippen LogP contribution in [0.1, 0.15) is 57.1 Å². The highest BCUT2D eigenvalue weighted by Gasteiger charge is 2.32. The molecule has 2 unspecified atom stereocenters. The summed E-state index contributed by atoms with van der Waals surface area (Å²) >= 11 is 0. The fraction of sp³-hybridized carbons (Fsp3) is 0.526. The van der Waals surface area contributed by atoms with Crippen LogP contribution in [0.2, 0.25) is 0 Å². The molecule has 0 spiro atoms. The van der Waals surface area contributed by atoms with Gasteiger partial charge in [-0.05, 0) is 50.8 Å². The van der Waals surface area contributed by atoms with Gasteiger partial charge in [0, 0.05) is 18.0 Å². The summed E-state index contributed by atoms with van der Waals surface area (Å²) in [5, 5.41) is -0.427. The molecular formula is C19H27NO4S. The fourth-order valence-corrected chi connectivity index (χ4v) is 4.03. The maximum Gasteiger partial charge on any atom is 0.330 e. The van der Waals surface area contributed by atoms with Gasteiger partial charge in [-0.2, -0.15) is 0 Å². The third-order valence-corrected chi connectivity index (χ3v) is 6.39. The summed E-state index contributed by atoms with van der Waals surface area (Å²) in [6, 6.07) is 7.86. The van der Waals surface area contributed by atoms with E-state index in [1.807, 2.05) is 24.3 Å². The van der Waals surface area contributed by atoms with Gasteiger partial charge in [0.15, 0.2) is 0 Å². The van der Waals surface area contributed by atoms with Crippen LogP contribution in [-0.4, -0.2) is 32.3 Å². The first-order valence-electron chi connectivity index (χ1n) is 8.79. The first-order valence-corrected chi connectivity index (χ1v) is 10.3. The summed E-state index contributed by atoms with van der Waals surface area (Å²) in [5.74, 6) is -0.165. The Morgan fingerprint density at radius 2 is 1.96 bits per heavy atom. The molecule has 0 bridgehead atoms. The summed E-state index contributed by atoms with van der Waals surface area (Å²) in [7, 11) is -3.27. The first-order chi connectivity index (χ1) is 11.8. The molecule has 0 aromatic heterocycles. The second-order valence-corrected chi connectivity index (χ2v) is 8.88. The number of nitrogens with one attached hydrogen (secondary N) is 1. The van der Waals surface area contributed by atoms with Gasteiger partial charge >= 0.3 is 5.97 Å². The molecule has 1 aromatic rings. The zero-order valence-corrected chi connectivity index (χ0v) is 15.9. The lowest BCUT2D eigenvalue weighted by atomic mass is 9.94. The van der Waals surface area contributed by atoms with Crippen LogP contribution < -0.4 is 4.72 Å². The number of rotatable bonds is 7. The summed E-state index contributed by atoms with van der Waals surface area (Å²) in [4.78, 5) is 11.3. The standard InChI is InChI=1S/C19H27NO4S/c1-4-24-19(21)13-10-15-8-11-16(12-9-15)17-6-5-7-18(17)20-25(22,23)14(2)3/h8-14,17-18,20H,4-7H2,1-3H3. The van der Waals surface area contributed by atoms with Gasteiger partial charge in [0.2, 0.25) is 10.0 Å². The summed E-state index contributed by atoms with van der Waals surface area (Å²) in [5.41, 5.74) is 2.04. The van der Waals surface area contributed by atoms with Crippen LogP contribution in [0, 0.1) is 0 Å². The van der Waals surface area contributed by atoms with Crippen molar-refractivity contribution in [3.8, 4) is 0 Å². The molecule has 1 aliphatic rings. The van der Waals surface area contributed by atoms with E-state index in [1.165, 1.54) is 6.08 Å². The van der Waals surface area contributed by atoms with Gasteiger partial charge in [0.1, 0.15) is 0 Å². The molecule has 1 fully saturated rings. The number of benzene rings is 1. The molecule has 0 heterocycles. The van der Waals surface area contributed by atoms with E-state index in [1.54, 1.807) is 26.8 Å². The van der Waals surface area contributed by atoms with E-state index in [0.29, 0.717) is 6.61 Å². The molecule has 1 saturated carbocycles. The van der Waals surface area contributed by atoms with E-state index in [0.717, 1.165) is 30.4 Å². The van der Waals surface area contributed by atoms with Crippen LogP contribution >= 0.6 is 0 Å². The first kappa shape index (κ1) is 19.7. The summed E-state index contributed by atoms with van der Waals surface area (Å²) < 4.78 is 32.0. The Bertz CT molecular complexity index is 707. The third-order valence-electron chi connectivity index (χ3n) is 4.52. The average molecular weight is 365 g/mol. The SMILES string of the molecule is CCOC(=O)C=Cc1ccc(C2CCCC2NS(=O)(=O)C(C)C)cc1. The van der Waals surface area contributed by atoms with Gasteiger partial charge in [-0.25, -0.2) is 17.9 Å². The van der Waals surface area contributed by atoms with Crippen LogP contribution in [0.3, 0.4) is 0 Å². The Hall–Kier alpha value is -1.66. The maximum absolute atomic E-state index is 12.2. The number of sulfonamides is 1. The van der Waals surface area contributed by atoms with Crippen LogP contribution in [0.5, 0.6) is 0 Å². The fourth-order valence-electron chi connectivity index (χ4n) is 3.06. The molecule has 0 radical (unpaired) electrons. The van der Waals surface area contributed by atoms with E-state index in [9.17, 15) is 13.2 Å². The van der Waals surface area contributed by atoms with Gasteiger partial charge in [0.05, 0.1) is 11.9 Å². The Kier molecular flexibility index (Phi) is 6.79. The predicted octanol–water partition coefficient (Wildman–Crippen LogP) is 3.23. The number of hydrogen-bond donors (Lipinski definition) is 1. The average Bonchev–Trinajstić information content (AvgIpc) is 3.01. The van der Waals surface area contributed by atoms with Crippen LogP contribution in [0.25, 0.3) is 6.08 Å². The second-order valence-electron chi connectivity index (χ2n) is 6.61. The highest BCUT2D eigenvalue weighted by atomic mass is 32.2. The van der Waals surface area contributed by atoms with Crippen molar-refractivity contribution in [2.75, 3.05) is 6.61 Å². The monoisotopic (exact) mass is 365 g/mol. The lowest BCUT2D eigenvalue weighted by Gasteiger charge is -2.22. The van der Waals surface area contributed by atoms with Crippen molar-refractivity contribution in [2.24, 2.45) is 0 Å². The number of hydrogen-bond acceptors (Lipinski definition) is 4. The topological polar surface area (TPSA) is 72.5 Å². The molecule has 6 heteroatoms. The zero-order valence-electron chi connectivity index (χ0n) is 15.1. The van der Waals surface area contributed by atoms with E-state index in [-0.39, 0.29) is 17.9 Å². The summed E-state index contributed by atoms with van der Waals surface area (Å²) in [6.07, 6.45) is 5.98. The molecule has 1 N–H and O–H groups in total. The van der Waals surface area contributed by atoms with Crippen LogP contribution in [-0.2, 0) is 19.6 Å². The number of carbonyl (C=O) groups excluding carboxylic acids is 1. The third kappa shape index (κ3) is 5.41. The van der Waals surface area contributed by atoms with E-state index < -0.39 is 15.3 Å². The van der Waals surface area contributed by atoms with Gasteiger partial charge in [-0.15, -0.1) is 0 Å². The molecule has 0 amide bonds. The van der Waals surface area contributed by atoms with Crippen molar-refractivity contribution in [3.05, 3.63) is 41.5 Å². The van der Waals surface area contributed by atoms with Crippen LogP contribution in [0.15, 0.2) is 30.3 Å².